The first-order valence-corrected chi connectivity index (χ1v) is 7.42. The van der Waals surface area contributed by atoms with E-state index in [1.54, 1.807) is 24.3 Å². The summed E-state index contributed by atoms with van der Waals surface area (Å²) < 4.78 is 27.7. The van der Waals surface area contributed by atoms with E-state index in [1.165, 1.54) is 4.57 Å². The number of benzene rings is 2. The van der Waals surface area contributed by atoms with Crippen LogP contribution < -0.4 is 16.6 Å². The number of rotatable bonds is 4. The van der Waals surface area contributed by atoms with Gasteiger partial charge >= 0.3 is 5.69 Å². The highest BCUT2D eigenvalue weighted by atomic mass is 19.1. The number of anilines is 1. The molecular formula is C17H13F2N3O3. The molecule has 0 fully saturated rings. The number of aromatic amines is 1. The Morgan fingerprint density at radius 2 is 1.88 bits per heavy atom. The van der Waals surface area contributed by atoms with Gasteiger partial charge in [0.2, 0.25) is 5.91 Å². The van der Waals surface area contributed by atoms with E-state index in [-0.39, 0.29) is 18.7 Å². The minimum absolute atomic E-state index is 0.00915. The Morgan fingerprint density at radius 1 is 1.12 bits per heavy atom. The summed E-state index contributed by atoms with van der Waals surface area (Å²) in [6.45, 7) is -0.00915. The number of fused-ring (bicyclic) bond motifs is 1. The van der Waals surface area contributed by atoms with Gasteiger partial charge in [0.1, 0.15) is 11.6 Å². The van der Waals surface area contributed by atoms with E-state index in [0.29, 0.717) is 17.0 Å². The van der Waals surface area contributed by atoms with Crippen LogP contribution in [0.2, 0.25) is 0 Å². The van der Waals surface area contributed by atoms with Crippen LogP contribution in [0.1, 0.15) is 6.42 Å². The third-order valence-electron chi connectivity index (χ3n) is 3.67. The molecule has 8 heteroatoms. The highest BCUT2D eigenvalue weighted by Crippen LogP contribution is 2.15. The van der Waals surface area contributed by atoms with Crippen molar-refractivity contribution in [1.82, 2.24) is 9.55 Å². The Labute approximate surface area is 139 Å². The monoisotopic (exact) mass is 345 g/mol. The van der Waals surface area contributed by atoms with Gasteiger partial charge in [0.25, 0.3) is 5.56 Å². The van der Waals surface area contributed by atoms with Crippen molar-refractivity contribution in [3.63, 3.8) is 0 Å². The first-order valence-electron chi connectivity index (χ1n) is 7.42. The molecule has 25 heavy (non-hydrogen) atoms. The molecular weight excluding hydrogens is 332 g/mol. The second-order valence-corrected chi connectivity index (χ2v) is 5.35. The molecule has 1 aromatic heterocycles. The average Bonchev–Trinajstić information content (AvgIpc) is 2.57. The fourth-order valence-corrected chi connectivity index (χ4v) is 2.48. The number of aryl methyl sites for hydroxylation is 1. The van der Waals surface area contributed by atoms with Gasteiger partial charge in [0.05, 0.1) is 16.6 Å². The van der Waals surface area contributed by atoms with Gasteiger partial charge in [-0.1, -0.05) is 12.1 Å². The van der Waals surface area contributed by atoms with Gasteiger partial charge in [-0.2, -0.15) is 0 Å². The third-order valence-corrected chi connectivity index (χ3v) is 3.67. The molecule has 0 aliphatic carbocycles. The van der Waals surface area contributed by atoms with Crippen molar-refractivity contribution >= 4 is 22.5 Å². The lowest BCUT2D eigenvalue weighted by atomic mass is 10.2. The zero-order valence-electron chi connectivity index (χ0n) is 12.9. The molecule has 6 nitrogen and oxygen atoms in total. The highest BCUT2D eigenvalue weighted by Gasteiger charge is 2.11. The molecule has 0 saturated carbocycles. The number of H-pyrrole nitrogens is 1. The smallest absolute Gasteiger partial charge is 0.324 e. The number of aromatic nitrogens is 2. The topological polar surface area (TPSA) is 84.0 Å². The van der Waals surface area contributed by atoms with Crippen molar-refractivity contribution < 1.29 is 13.6 Å². The van der Waals surface area contributed by atoms with E-state index >= 15 is 0 Å². The Balaban J connectivity index is 1.80. The average molecular weight is 345 g/mol. The zero-order valence-corrected chi connectivity index (χ0v) is 12.9. The van der Waals surface area contributed by atoms with E-state index in [9.17, 15) is 23.2 Å². The van der Waals surface area contributed by atoms with E-state index in [4.69, 9.17) is 0 Å². The van der Waals surface area contributed by atoms with Crippen LogP contribution in [-0.2, 0) is 11.3 Å². The summed E-state index contributed by atoms with van der Waals surface area (Å²) in [5, 5.41) is 2.64. The molecule has 2 N–H and O–H groups in total. The molecule has 1 amide bonds. The molecule has 0 atom stereocenters. The third kappa shape index (κ3) is 3.47. The molecule has 3 aromatic rings. The second-order valence-electron chi connectivity index (χ2n) is 5.35. The Hall–Kier alpha value is -3.29. The first-order chi connectivity index (χ1) is 12.0. The molecule has 0 bridgehead atoms. The molecule has 0 radical (unpaired) electrons. The van der Waals surface area contributed by atoms with Crippen LogP contribution in [-0.4, -0.2) is 15.5 Å². The normalized spacial score (nSPS) is 10.8. The van der Waals surface area contributed by atoms with Crippen LogP contribution >= 0.6 is 0 Å². The number of hydrogen-bond acceptors (Lipinski definition) is 3. The molecule has 3 rings (SSSR count). The van der Waals surface area contributed by atoms with Gasteiger partial charge in [-0.15, -0.1) is 0 Å². The maximum Gasteiger partial charge on any atom is 0.328 e. The number of amides is 1. The van der Waals surface area contributed by atoms with Crippen molar-refractivity contribution in [2.45, 2.75) is 13.0 Å². The largest absolute Gasteiger partial charge is 0.328 e. The Morgan fingerprint density at radius 3 is 2.64 bits per heavy atom. The molecule has 0 saturated heterocycles. The summed E-state index contributed by atoms with van der Waals surface area (Å²) in [6, 6.07) is 9.31. The van der Waals surface area contributed by atoms with Gasteiger partial charge < -0.3 is 5.32 Å². The van der Waals surface area contributed by atoms with Crippen LogP contribution in [0, 0.1) is 11.6 Å². The van der Waals surface area contributed by atoms with E-state index < -0.39 is 28.8 Å². The van der Waals surface area contributed by atoms with E-state index in [2.05, 4.69) is 10.3 Å². The fraction of sp³-hybridized carbons (Fsp3) is 0.118. The summed E-state index contributed by atoms with van der Waals surface area (Å²) >= 11 is 0. The predicted octanol–water partition coefficient (Wildman–Crippen LogP) is 2.00. The van der Waals surface area contributed by atoms with Crippen LogP contribution in [0.4, 0.5) is 14.5 Å². The number of carbonyl (C=O) groups excluding carboxylic acids is 1. The zero-order chi connectivity index (χ0) is 18.0. The first kappa shape index (κ1) is 16.6. The molecule has 2 aromatic carbocycles. The summed E-state index contributed by atoms with van der Waals surface area (Å²) in [5.74, 6) is -2.19. The predicted molar refractivity (Wildman–Crippen MR) is 88.4 cm³/mol. The number of para-hydroxylation sites is 1. The molecule has 0 aliphatic rings. The van der Waals surface area contributed by atoms with Gasteiger partial charge in [-0.3, -0.25) is 19.1 Å². The maximum atomic E-state index is 13.5. The SMILES string of the molecule is O=C(CCn1c(=O)[nH]c(=O)c2ccccc21)Nc1ccc(F)cc1F. The maximum absolute atomic E-state index is 13.5. The highest BCUT2D eigenvalue weighted by molar-refractivity contribution is 5.90. The molecule has 128 valence electrons. The van der Waals surface area contributed by atoms with Gasteiger partial charge in [0, 0.05) is 19.0 Å². The Bertz CT molecular complexity index is 1070. The van der Waals surface area contributed by atoms with Crippen molar-refractivity contribution in [3.05, 3.63) is 74.9 Å². The van der Waals surface area contributed by atoms with Crippen LogP contribution in [0.15, 0.2) is 52.1 Å². The molecule has 1 heterocycles. The minimum Gasteiger partial charge on any atom is -0.324 e. The van der Waals surface area contributed by atoms with Crippen molar-refractivity contribution in [1.29, 1.82) is 0 Å². The van der Waals surface area contributed by atoms with Crippen LogP contribution in [0.25, 0.3) is 10.9 Å². The lowest BCUT2D eigenvalue weighted by molar-refractivity contribution is -0.116. The number of nitrogens with zero attached hydrogens (tertiary/aromatic N) is 1. The lowest BCUT2D eigenvalue weighted by Crippen LogP contribution is -2.31. The number of nitrogens with one attached hydrogen (secondary N) is 2. The fourth-order valence-electron chi connectivity index (χ4n) is 2.48. The van der Waals surface area contributed by atoms with Gasteiger partial charge in [-0.25, -0.2) is 13.6 Å². The summed E-state index contributed by atoms with van der Waals surface area (Å²) in [5.41, 5.74) is -0.888. The van der Waals surface area contributed by atoms with Crippen molar-refractivity contribution in [2.75, 3.05) is 5.32 Å². The van der Waals surface area contributed by atoms with Crippen molar-refractivity contribution in [2.24, 2.45) is 0 Å². The molecule has 0 spiro atoms. The van der Waals surface area contributed by atoms with Crippen molar-refractivity contribution in [3.8, 4) is 0 Å². The molecule has 0 unspecified atom stereocenters. The number of carbonyl (C=O) groups is 1. The van der Waals surface area contributed by atoms with Gasteiger partial charge in [-0.05, 0) is 24.3 Å². The van der Waals surface area contributed by atoms with Crippen LogP contribution in [0.3, 0.4) is 0 Å². The van der Waals surface area contributed by atoms with Crippen LogP contribution in [0.5, 0.6) is 0 Å². The van der Waals surface area contributed by atoms with E-state index in [0.717, 1.165) is 12.1 Å². The summed E-state index contributed by atoms with van der Waals surface area (Å²) in [6.07, 6.45) is -0.132. The summed E-state index contributed by atoms with van der Waals surface area (Å²) in [7, 11) is 0. The second kappa shape index (κ2) is 6.68. The number of hydrogen-bond donors (Lipinski definition) is 2. The van der Waals surface area contributed by atoms with E-state index in [1.807, 2.05) is 0 Å². The van der Waals surface area contributed by atoms with Gasteiger partial charge in [0.15, 0.2) is 0 Å². The standard InChI is InChI=1S/C17H13F2N3O3/c18-10-5-6-13(12(19)9-10)20-15(23)7-8-22-14-4-2-1-3-11(14)16(24)21-17(22)25/h1-6,9H,7-8H2,(H,20,23)(H,21,24,25). The Kier molecular flexibility index (Phi) is 4.42. The lowest BCUT2D eigenvalue weighted by Gasteiger charge is -2.10. The molecule has 0 aliphatic heterocycles. The minimum atomic E-state index is -0.889. The quantitative estimate of drug-likeness (QED) is 0.758. The number of halogens is 2. The summed E-state index contributed by atoms with van der Waals surface area (Å²) in [4.78, 5) is 37.9.